The molecule has 0 heterocycles. The van der Waals surface area contributed by atoms with Crippen LogP contribution in [-0.4, -0.2) is 39.9 Å². The number of guanidine groups is 1. The second-order valence-corrected chi connectivity index (χ2v) is 8.13. The highest BCUT2D eigenvalue weighted by Crippen LogP contribution is 2.22. The van der Waals surface area contributed by atoms with E-state index in [1.165, 1.54) is 6.26 Å². The first-order valence-electron chi connectivity index (χ1n) is 8.34. The van der Waals surface area contributed by atoms with Gasteiger partial charge in [0.1, 0.15) is 11.5 Å². The van der Waals surface area contributed by atoms with Crippen LogP contribution >= 0.6 is 24.0 Å². The third-order valence-corrected chi connectivity index (χ3v) is 5.31. The van der Waals surface area contributed by atoms with E-state index in [2.05, 4.69) is 15.6 Å². The zero-order chi connectivity index (χ0) is 20.0. The molecule has 2 aromatic rings. The number of rotatable bonds is 6. The van der Waals surface area contributed by atoms with Gasteiger partial charge in [-0.15, -0.1) is 24.0 Å². The van der Waals surface area contributed by atoms with Gasteiger partial charge in [-0.05, 0) is 42.3 Å². The van der Waals surface area contributed by atoms with Crippen molar-refractivity contribution in [3.63, 3.8) is 0 Å². The van der Waals surface area contributed by atoms with Crippen LogP contribution < -0.4 is 15.4 Å². The number of halogens is 1. The molecule has 3 N–H and O–H groups in total. The Kier molecular flexibility index (Phi) is 9.02. The molecule has 7 nitrogen and oxygen atoms in total. The summed E-state index contributed by atoms with van der Waals surface area (Å²) < 4.78 is 28.6. The molecule has 0 saturated heterocycles. The Morgan fingerprint density at radius 2 is 1.82 bits per heavy atom. The smallest absolute Gasteiger partial charge is 0.191 e. The van der Waals surface area contributed by atoms with Gasteiger partial charge in [-0.3, -0.25) is 4.99 Å². The quantitative estimate of drug-likeness (QED) is 0.308. The fourth-order valence-electron chi connectivity index (χ4n) is 2.65. The van der Waals surface area contributed by atoms with E-state index in [4.69, 9.17) is 4.74 Å². The molecule has 9 heteroatoms. The first kappa shape index (κ1) is 24.0. The molecule has 0 spiro atoms. The maximum absolute atomic E-state index is 11.7. The van der Waals surface area contributed by atoms with Gasteiger partial charge in [0.2, 0.25) is 0 Å². The van der Waals surface area contributed by atoms with Gasteiger partial charge < -0.3 is 20.5 Å². The van der Waals surface area contributed by atoms with E-state index in [1.807, 2.05) is 6.07 Å². The van der Waals surface area contributed by atoms with Crippen molar-refractivity contribution in [1.29, 1.82) is 0 Å². The van der Waals surface area contributed by atoms with Gasteiger partial charge in [0, 0.05) is 32.0 Å². The van der Waals surface area contributed by atoms with E-state index >= 15 is 0 Å². The number of hydrogen-bond donors (Lipinski definition) is 3. The van der Waals surface area contributed by atoms with Crippen LogP contribution in [0.1, 0.15) is 16.7 Å². The molecule has 154 valence electrons. The monoisotopic (exact) mass is 519 g/mol. The number of phenolic OH excluding ortho intramolecular Hbond substituents is 1. The van der Waals surface area contributed by atoms with E-state index in [-0.39, 0.29) is 29.7 Å². The van der Waals surface area contributed by atoms with Crippen molar-refractivity contribution in [1.82, 2.24) is 10.6 Å². The summed E-state index contributed by atoms with van der Waals surface area (Å²) in [6.07, 6.45) is 1.20. The number of aliphatic imine (C=N–C) groups is 1. The van der Waals surface area contributed by atoms with E-state index in [0.717, 1.165) is 5.56 Å². The largest absolute Gasteiger partial charge is 0.508 e. The molecule has 0 aliphatic carbocycles. The van der Waals surface area contributed by atoms with E-state index in [1.54, 1.807) is 51.4 Å². The number of nitrogens with one attached hydrogen (secondary N) is 2. The second-order valence-electron chi connectivity index (χ2n) is 6.15. The number of ether oxygens (including phenoxy) is 1. The van der Waals surface area contributed by atoms with Crippen molar-refractivity contribution in [3.8, 4) is 11.5 Å². The van der Waals surface area contributed by atoms with Crippen LogP contribution in [0.5, 0.6) is 11.5 Å². The third-order valence-electron chi connectivity index (χ3n) is 4.06. The summed E-state index contributed by atoms with van der Waals surface area (Å²) in [7, 11) is -0.00360. The van der Waals surface area contributed by atoms with Crippen LogP contribution in [0.25, 0.3) is 0 Å². The standard InChI is InChI=1S/C19H25N3O4S.HI/c1-13-9-14(5-8-18(13)27(4,24)25)11-21-19(20-2)22-12-15-10-16(26-3)6-7-17(15)23;/h5-10,23H,11-12H2,1-4H3,(H2,20,21,22);1H. The van der Waals surface area contributed by atoms with Gasteiger partial charge in [-0.25, -0.2) is 8.42 Å². The molecule has 2 rings (SSSR count). The Bertz CT molecular complexity index is 946. The molecular formula is C19H26IN3O4S. The molecule has 0 aromatic heterocycles. The van der Waals surface area contributed by atoms with Crippen LogP contribution in [0.15, 0.2) is 46.3 Å². The summed E-state index contributed by atoms with van der Waals surface area (Å²) >= 11 is 0. The highest BCUT2D eigenvalue weighted by atomic mass is 127. The van der Waals surface area contributed by atoms with Crippen LogP contribution in [0.3, 0.4) is 0 Å². The average Bonchev–Trinajstić information content (AvgIpc) is 2.62. The maximum Gasteiger partial charge on any atom is 0.191 e. The number of benzene rings is 2. The Hall–Kier alpha value is -2.01. The van der Waals surface area contributed by atoms with Gasteiger partial charge >= 0.3 is 0 Å². The molecular weight excluding hydrogens is 493 g/mol. The predicted octanol–water partition coefficient (Wildman–Crippen LogP) is 2.60. The summed E-state index contributed by atoms with van der Waals surface area (Å²) in [5, 5.41) is 16.2. The highest BCUT2D eigenvalue weighted by molar-refractivity contribution is 14.0. The van der Waals surface area contributed by atoms with Gasteiger partial charge in [-0.2, -0.15) is 0 Å². The third kappa shape index (κ3) is 6.55. The number of sulfone groups is 1. The Labute approximate surface area is 183 Å². The number of aryl methyl sites for hydroxylation is 1. The molecule has 0 unspecified atom stereocenters. The fourth-order valence-corrected chi connectivity index (χ4v) is 3.61. The molecule has 0 saturated carbocycles. The normalized spacial score (nSPS) is 11.5. The van der Waals surface area contributed by atoms with Crippen molar-refractivity contribution in [2.24, 2.45) is 4.99 Å². The zero-order valence-electron chi connectivity index (χ0n) is 16.3. The van der Waals surface area contributed by atoms with Crippen molar-refractivity contribution >= 4 is 39.8 Å². The van der Waals surface area contributed by atoms with Crippen LogP contribution in [-0.2, 0) is 22.9 Å². The number of phenols is 1. The summed E-state index contributed by atoms with van der Waals surface area (Å²) in [5.41, 5.74) is 2.33. The van der Waals surface area contributed by atoms with Gasteiger partial charge in [0.05, 0.1) is 12.0 Å². The molecule has 28 heavy (non-hydrogen) atoms. The topological polar surface area (TPSA) is 100 Å². The first-order chi connectivity index (χ1) is 12.7. The Morgan fingerprint density at radius 1 is 1.14 bits per heavy atom. The summed E-state index contributed by atoms with van der Waals surface area (Å²) in [6, 6.07) is 10.3. The predicted molar refractivity (Wildman–Crippen MR) is 121 cm³/mol. The van der Waals surface area contributed by atoms with Crippen molar-refractivity contribution in [2.75, 3.05) is 20.4 Å². The van der Waals surface area contributed by atoms with Crippen LogP contribution in [0, 0.1) is 6.92 Å². The minimum absolute atomic E-state index is 0. The van der Waals surface area contributed by atoms with Crippen LogP contribution in [0.2, 0.25) is 0 Å². The number of nitrogens with zero attached hydrogens (tertiary/aromatic N) is 1. The fraction of sp³-hybridized carbons (Fsp3) is 0.316. The number of methoxy groups -OCH3 is 1. The maximum atomic E-state index is 11.7. The molecule has 0 aliphatic heterocycles. The van der Waals surface area contributed by atoms with E-state index in [0.29, 0.717) is 40.8 Å². The molecule has 0 aliphatic rings. The lowest BCUT2D eigenvalue weighted by Gasteiger charge is -2.14. The second kappa shape index (κ2) is 10.5. The van der Waals surface area contributed by atoms with Gasteiger partial charge in [0.15, 0.2) is 15.8 Å². The minimum Gasteiger partial charge on any atom is -0.508 e. The molecule has 0 amide bonds. The lowest BCUT2D eigenvalue weighted by atomic mass is 10.1. The van der Waals surface area contributed by atoms with Gasteiger partial charge in [-0.1, -0.05) is 12.1 Å². The molecule has 0 fully saturated rings. The molecule has 0 radical (unpaired) electrons. The first-order valence-corrected chi connectivity index (χ1v) is 10.2. The zero-order valence-corrected chi connectivity index (χ0v) is 19.5. The van der Waals surface area contributed by atoms with E-state index < -0.39 is 9.84 Å². The van der Waals surface area contributed by atoms with Crippen molar-refractivity contribution in [2.45, 2.75) is 24.9 Å². The Morgan fingerprint density at radius 3 is 2.39 bits per heavy atom. The average molecular weight is 519 g/mol. The summed E-state index contributed by atoms with van der Waals surface area (Å²) in [6.45, 7) is 2.63. The summed E-state index contributed by atoms with van der Waals surface area (Å²) in [4.78, 5) is 4.49. The Balaban J connectivity index is 0.00000392. The lowest BCUT2D eigenvalue weighted by molar-refractivity contribution is 0.410. The van der Waals surface area contributed by atoms with Gasteiger partial charge in [0.25, 0.3) is 0 Å². The van der Waals surface area contributed by atoms with Crippen LogP contribution in [0.4, 0.5) is 0 Å². The lowest BCUT2D eigenvalue weighted by Crippen LogP contribution is -2.36. The van der Waals surface area contributed by atoms with Crippen molar-refractivity contribution in [3.05, 3.63) is 53.1 Å². The summed E-state index contributed by atoms with van der Waals surface area (Å²) in [5.74, 6) is 1.39. The SMILES string of the molecule is CN=C(NCc1ccc(S(C)(=O)=O)c(C)c1)NCc1cc(OC)ccc1O.I. The molecule has 2 aromatic carbocycles. The highest BCUT2D eigenvalue weighted by Gasteiger charge is 2.11. The van der Waals surface area contributed by atoms with E-state index in [9.17, 15) is 13.5 Å². The number of hydrogen-bond acceptors (Lipinski definition) is 5. The number of aromatic hydroxyl groups is 1. The molecule has 0 bridgehead atoms. The molecule has 0 atom stereocenters. The van der Waals surface area contributed by atoms with Crippen molar-refractivity contribution < 1.29 is 18.3 Å². The minimum atomic E-state index is -3.23.